The normalized spacial score (nSPS) is 10.3. The van der Waals surface area contributed by atoms with Gasteiger partial charge in [-0.2, -0.15) is 0 Å². The lowest BCUT2D eigenvalue weighted by Gasteiger charge is -2.07. The lowest BCUT2D eigenvalue weighted by Crippen LogP contribution is -2.35. The Morgan fingerprint density at radius 2 is 2.00 bits per heavy atom. The first-order valence-corrected chi connectivity index (χ1v) is 7.05. The highest BCUT2D eigenvalue weighted by atomic mass is 16.5. The Morgan fingerprint density at radius 1 is 1.24 bits per heavy atom. The molecule has 0 saturated carbocycles. The van der Waals surface area contributed by atoms with E-state index in [0.717, 1.165) is 25.9 Å². The molecule has 2 amide bonds. The van der Waals surface area contributed by atoms with Crippen LogP contribution in [0.3, 0.4) is 0 Å². The van der Waals surface area contributed by atoms with Gasteiger partial charge in [-0.3, -0.25) is 0 Å². The van der Waals surface area contributed by atoms with E-state index in [4.69, 9.17) is 14.3 Å². The second kappa shape index (κ2) is 9.82. The number of nitrogens with one attached hydrogen (secondary N) is 2. The van der Waals surface area contributed by atoms with Crippen LogP contribution in [0.1, 0.15) is 42.5 Å². The number of ether oxygens (including phenoxy) is 1. The van der Waals surface area contributed by atoms with Gasteiger partial charge in [0.15, 0.2) is 0 Å². The fourth-order valence-corrected chi connectivity index (χ4v) is 1.54. The van der Waals surface area contributed by atoms with E-state index in [2.05, 4.69) is 17.6 Å². The minimum Gasteiger partial charge on any atom is -0.475 e. The summed E-state index contributed by atoms with van der Waals surface area (Å²) in [5.74, 6) is -0.879. The quantitative estimate of drug-likeness (QED) is 0.573. The highest BCUT2D eigenvalue weighted by molar-refractivity contribution is 5.84. The summed E-state index contributed by atoms with van der Waals surface area (Å²) in [6.07, 6.45) is 2.91. The van der Waals surface area contributed by atoms with Gasteiger partial charge in [0.05, 0.1) is 6.54 Å². The number of hydrogen-bond acceptors (Lipinski definition) is 4. The number of carboxylic acid groups (broad SMARTS) is 1. The van der Waals surface area contributed by atoms with Gasteiger partial charge in [-0.1, -0.05) is 13.3 Å². The third kappa shape index (κ3) is 7.36. The Bertz CT molecular complexity index is 444. The van der Waals surface area contributed by atoms with Crippen LogP contribution in [0.2, 0.25) is 0 Å². The number of urea groups is 1. The zero-order chi connectivity index (χ0) is 15.5. The second-order valence-electron chi connectivity index (χ2n) is 4.50. The Morgan fingerprint density at radius 3 is 2.67 bits per heavy atom. The summed E-state index contributed by atoms with van der Waals surface area (Å²) < 4.78 is 10.4. The summed E-state index contributed by atoms with van der Waals surface area (Å²) >= 11 is 0. The molecule has 0 aromatic carbocycles. The molecular formula is C14H22N2O5. The molecule has 7 nitrogen and oxygen atoms in total. The summed E-state index contributed by atoms with van der Waals surface area (Å²) in [7, 11) is 0. The zero-order valence-corrected chi connectivity index (χ0v) is 12.2. The van der Waals surface area contributed by atoms with Gasteiger partial charge in [-0.15, -0.1) is 0 Å². The van der Waals surface area contributed by atoms with Crippen LogP contribution < -0.4 is 10.6 Å². The molecule has 0 aliphatic rings. The molecule has 118 valence electrons. The van der Waals surface area contributed by atoms with Gasteiger partial charge in [-0.05, 0) is 25.0 Å². The van der Waals surface area contributed by atoms with Crippen molar-refractivity contribution in [2.75, 3.05) is 19.8 Å². The van der Waals surface area contributed by atoms with Crippen LogP contribution in [-0.2, 0) is 11.3 Å². The smallest absolute Gasteiger partial charge is 0.371 e. The van der Waals surface area contributed by atoms with Crippen LogP contribution in [0, 0.1) is 0 Å². The zero-order valence-electron chi connectivity index (χ0n) is 12.2. The van der Waals surface area contributed by atoms with E-state index < -0.39 is 5.97 Å². The fourth-order valence-electron chi connectivity index (χ4n) is 1.54. The molecule has 1 heterocycles. The highest BCUT2D eigenvalue weighted by Gasteiger charge is 2.09. The van der Waals surface area contributed by atoms with E-state index in [1.807, 2.05) is 0 Å². The third-order valence-corrected chi connectivity index (χ3v) is 2.69. The van der Waals surface area contributed by atoms with Crippen molar-refractivity contribution < 1.29 is 23.8 Å². The van der Waals surface area contributed by atoms with Crippen molar-refractivity contribution in [2.24, 2.45) is 0 Å². The lowest BCUT2D eigenvalue weighted by molar-refractivity contribution is 0.0660. The van der Waals surface area contributed by atoms with E-state index >= 15 is 0 Å². The van der Waals surface area contributed by atoms with Gasteiger partial charge in [0.2, 0.25) is 5.76 Å². The van der Waals surface area contributed by atoms with Gasteiger partial charge in [0.25, 0.3) is 0 Å². The molecule has 0 fully saturated rings. The van der Waals surface area contributed by atoms with Crippen LogP contribution in [0.15, 0.2) is 16.5 Å². The molecule has 0 saturated heterocycles. The molecule has 0 unspecified atom stereocenters. The molecular weight excluding hydrogens is 276 g/mol. The number of furan rings is 1. The molecule has 0 radical (unpaired) electrons. The van der Waals surface area contributed by atoms with E-state index in [-0.39, 0.29) is 18.3 Å². The van der Waals surface area contributed by atoms with Crippen molar-refractivity contribution in [3.63, 3.8) is 0 Å². The number of hydrogen-bond donors (Lipinski definition) is 3. The SMILES string of the molecule is CCCCOCCCNC(=O)NCc1ccc(C(=O)O)o1. The average molecular weight is 298 g/mol. The number of carbonyl (C=O) groups is 2. The van der Waals surface area contributed by atoms with Gasteiger partial charge < -0.3 is 24.9 Å². The first kappa shape index (κ1) is 17.0. The predicted molar refractivity (Wildman–Crippen MR) is 76.2 cm³/mol. The Balaban J connectivity index is 2.06. The predicted octanol–water partition coefficient (Wildman–Crippen LogP) is 1.98. The third-order valence-electron chi connectivity index (χ3n) is 2.69. The van der Waals surface area contributed by atoms with Gasteiger partial charge >= 0.3 is 12.0 Å². The van der Waals surface area contributed by atoms with Gasteiger partial charge in [0.1, 0.15) is 5.76 Å². The molecule has 0 aliphatic carbocycles. The monoisotopic (exact) mass is 298 g/mol. The van der Waals surface area contributed by atoms with Crippen LogP contribution in [0.5, 0.6) is 0 Å². The molecule has 21 heavy (non-hydrogen) atoms. The van der Waals surface area contributed by atoms with Crippen LogP contribution in [0.25, 0.3) is 0 Å². The Labute approximate surface area is 123 Å². The fraction of sp³-hybridized carbons (Fsp3) is 0.571. The lowest BCUT2D eigenvalue weighted by atomic mass is 10.4. The number of amides is 2. The van der Waals surface area contributed by atoms with Crippen molar-refractivity contribution in [1.29, 1.82) is 0 Å². The van der Waals surface area contributed by atoms with Crippen molar-refractivity contribution in [2.45, 2.75) is 32.7 Å². The molecule has 3 N–H and O–H groups in total. The maximum absolute atomic E-state index is 11.5. The second-order valence-corrected chi connectivity index (χ2v) is 4.50. The topological polar surface area (TPSA) is 101 Å². The first-order chi connectivity index (χ1) is 10.1. The van der Waals surface area contributed by atoms with Crippen LogP contribution in [0.4, 0.5) is 4.79 Å². The van der Waals surface area contributed by atoms with Crippen LogP contribution >= 0.6 is 0 Å². The average Bonchev–Trinajstić information content (AvgIpc) is 2.93. The molecule has 1 rings (SSSR count). The maximum Gasteiger partial charge on any atom is 0.371 e. The van der Waals surface area contributed by atoms with E-state index in [1.165, 1.54) is 12.1 Å². The number of carboxylic acids is 1. The number of carbonyl (C=O) groups excluding carboxylic acids is 1. The van der Waals surface area contributed by atoms with Crippen molar-refractivity contribution in [1.82, 2.24) is 10.6 Å². The largest absolute Gasteiger partial charge is 0.475 e. The highest BCUT2D eigenvalue weighted by Crippen LogP contribution is 2.07. The number of unbranched alkanes of at least 4 members (excludes halogenated alkanes) is 1. The molecule has 0 atom stereocenters. The summed E-state index contributed by atoms with van der Waals surface area (Å²) in [6.45, 7) is 4.16. The minimum absolute atomic E-state index is 0.142. The Kier molecular flexibility index (Phi) is 7.96. The van der Waals surface area contributed by atoms with E-state index in [1.54, 1.807) is 0 Å². The number of aromatic carboxylic acids is 1. The van der Waals surface area contributed by atoms with Crippen molar-refractivity contribution >= 4 is 12.0 Å². The molecule has 0 bridgehead atoms. The summed E-state index contributed by atoms with van der Waals surface area (Å²) in [5.41, 5.74) is 0. The van der Waals surface area contributed by atoms with Crippen LogP contribution in [-0.4, -0.2) is 36.9 Å². The summed E-state index contributed by atoms with van der Waals surface area (Å²) in [4.78, 5) is 22.1. The van der Waals surface area contributed by atoms with E-state index in [0.29, 0.717) is 18.9 Å². The molecule has 0 spiro atoms. The standard InChI is InChI=1S/C14H22N2O5/c1-2-3-8-20-9-4-7-15-14(19)16-10-11-5-6-12(21-11)13(17)18/h5-6H,2-4,7-10H2,1H3,(H,17,18)(H2,15,16,19). The minimum atomic E-state index is -1.13. The first-order valence-electron chi connectivity index (χ1n) is 7.05. The summed E-state index contributed by atoms with van der Waals surface area (Å²) in [6, 6.07) is 2.55. The molecule has 0 aliphatic heterocycles. The molecule has 7 heteroatoms. The molecule has 1 aromatic heterocycles. The van der Waals surface area contributed by atoms with Crippen molar-refractivity contribution in [3.05, 3.63) is 23.7 Å². The van der Waals surface area contributed by atoms with Gasteiger partial charge in [-0.25, -0.2) is 9.59 Å². The number of rotatable bonds is 10. The Hall–Kier alpha value is -2.02. The van der Waals surface area contributed by atoms with Gasteiger partial charge in [0, 0.05) is 19.8 Å². The molecule has 1 aromatic rings. The van der Waals surface area contributed by atoms with Crippen molar-refractivity contribution in [3.8, 4) is 0 Å². The summed E-state index contributed by atoms with van der Waals surface area (Å²) in [5, 5.41) is 14.0. The van der Waals surface area contributed by atoms with E-state index in [9.17, 15) is 9.59 Å². The maximum atomic E-state index is 11.5.